The number of anilines is 2. The summed E-state index contributed by atoms with van der Waals surface area (Å²) < 4.78 is 11.4. The number of carbonyl (C=O) groups is 1. The third-order valence-electron chi connectivity index (χ3n) is 4.48. The zero-order chi connectivity index (χ0) is 19.1. The predicted molar refractivity (Wildman–Crippen MR) is 106 cm³/mol. The molecule has 0 aliphatic carbocycles. The van der Waals surface area contributed by atoms with Gasteiger partial charge in [0.25, 0.3) is 5.91 Å². The van der Waals surface area contributed by atoms with Crippen LogP contribution in [0.1, 0.15) is 45.1 Å². The molecule has 0 aliphatic heterocycles. The van der Waals surface area contributed by atoms with Gasteiger partial charge in [0.1, 0.15) is 11.5 Å². The molecule has 0 heterocycles. The summed E-state index contributed by atoms with van der Waals surface area (Å²) in [6, 6.07) is 13.0. The summed E-state index contributed by atoms with van der Waals surface area (Å²) >= 11 is 0. The molecule has 5 heteroatoms. The molecule has 0 radical (unpaired) electrons. The Hall–Kier alpha value is -2.69. The minimum Gasteiger partial charge on any atom is -0.495 e. The molecule has 5 nitrogen and oxygen atoms in total. The summed E-state index contributed by atoms with van der Waals surface area (Å²) in [6.07, 6.45) is 0.946. The van der Waals surface area contributed by atoms with Crippen LogP contribution in [0.4, 0.5) is 11.4 Å². The number of hydrogen-bond donors (Lipinski definition) is 2. The second-order valence-corrected chi connectivity index (χ2v) is 6.31. The molecule has 2 atom stereocenters. The third kappa shape index (κ3) is 4.69. The number of rotatable bonds is 8. The van der Waals surface area contributed by atoms with Crippen LogP contribution in [0.5, 0.6) is 11.5 Å². The maximum absolute atomic E-state index is 12.7. The molecule has 0 aromatic heterocycles. The van der Waals surface area contributed by atoms with Gasteiger partial charge in [0, 0.05) is 5.69 Å². The lowest BCUT2D eigenvalue weighted by atomic mass is 9.98. The maximum atomic E-state index is 12.7. The van der Waals surface area contributed by atoms with Gasteiger partial charge in [0.15, 0.2) is 6.10 Å². The first-order valence-corrected chi connectivity index (χ1v) is 9.00. The minimum atomic E-state index is -0.605. The Labute approximate surface area is 155 Å². The summed E-state index contributed by atoms with van der Waals surface area (Å²) in [5.74, 6) is 1.45. The van der Waals surface area contributed by atoms with E-state index < -0.39 is 6.10 Å². The van der Waals surface area contributed by atoms with Crippen LogP contribution in [0.2, 0.25) is 0 Å². The Bertz CT molecular complexity index is 746. The summed E-state index contributed by atoms with van der Waals surface area (Å²) in [6.45, 7) is 6.21. The number of nitrogens with one attached hydrogen (secondary N) is 1. The summed E-state index contributed by atoms with van der Waals surface area (Å²) in [5.41, 5.74) is 8.02. The van der Waals surface area contributed by atoms with Gasteiger partial charge in [-0.15, -0.1) is 0 Å². The topological polar surface area (TPSA) is 73.6 Å². The quantitative estimate of drug-likeness (QED) is 0.679. The average Bonchev–Trinajstić information content (AvgIpc) is 2.65. The molecule has 0 bridgehead atoms. The SMILES string of the molecule is CCC(Oc1ccccc1C(C)CC)C(=O)Nc1cc(N)ccc1OC. The Morgan fingerprint density at radius 3 is 2.50 bits per heavy atom. The van der Waals surface area contributed by atoms with E-state index in [1.165, 1.54) is 0 Å². The summed E-state index contributed by atoms with van der Waals surface area (Å²) in [5, 5.41) is 2.87. The zero-order valence-electron chi connectivity index (χ0n) is 15.9. The molecule has 2 unspecified atom stereocenters. The molecule has 0 spiro atoms. The molecule has 2 aromatic rings. The number of benzene rings is 2. The molecule has 0 aliphatic rings. The van der Waals surface area contributed by atoms with Crippen molar-refractivity contribution in [3.05, 3.63) is 48.0 Å². The monoisotopic (exact) mass is 356 g/mol. The molecule has 2 aromatic carbocycles. The lowest BCUT2D eigenvalue weighted by Gasteiger charge is -2.22. The fourth-order valence-electron chi connectivity index (χ4n) is 2.73. The highest BCUT2D eigenvalue weighted by atomic mass is 16.5. The second kappa shape index (κ2) is 9.13. The van der Waals surface area contributed by atoms with Gasteiger partial charge in [-0.05, 0) is 48.6 Å². The van der Waals surface area contributed by atoms with Gasteiger partial charge in [0.05, 0.1) is 12.8 Å². The smallest absolute Gasteiger partial charge is 0.265 e. The standard InChI is InChI=1S/C21H28N2O3/c1-5-14(3)16-9-7-8-10-19(16)26-18(6-2)21(24)23-17-13-15(22)11-12-20(17)25-4/h7-14,18H,5-6,22H2,1-4H3,(H,23,24). The molecular formula is C21H28N2O3. The van der Waals surface area contributed by atoms with Crippen molar-refractivity contribution in [2.75, 3.05) is 18.2 Å². The van der Waals surface area contributed by atoms with Crippen LogP contribution in [0.25, 0.3) is 0 Å². The van der Waals surface area contributed by atoms with E-state index in [0.29, 0.717) is 29.5 Å². The molecule has 2 rings (SSSR count). The number of amides is 1. The fourth-order valence-corrected chi connectivity index (χ4v) is 2.73. The van der Waals surface area contributed by atoms with Gasteiger partial charge in [-0.2, -0.15) is 0 Å². The molecule has 1 amide bonds. The van der Waals surface area contributed by atoms with E-state index in [-0.39, 0.29) is 5.91 Å². The van der Waals surface area contributed by atoms with E-state index in [4.69, 9.17) is 15.2 Å². The van der Waals surface area contributed by atoms with Crippen LogP contribution in [0.3, 0.4) is 0 Å². The van der Waals surface area contributed by atoms with Crippen LogP contribution in [-0.4, -0.2) is 19.1 Å². The number of carbonyl (C=O) groups excluding carboxylic acids is 1. The van der Waals surface area contributed by atoms with Crippen LogP contribution in [0.15, 0.2) is 42.5 Å². The van der Waals surface area contributed by atoms with Crippen molar-refractivity contribution in [1.82, 2.24) is 0 Å². The van der Waals surface area contributed by atoms with Crippen LogP contribution in [0, 0.1) is 0 Å². The Morgan fingerprint density at radius 1 is 1.12 bits per heavy atom. The summed E-state index contributed by atoms with van der Waals surface area (Å²) in [7, 11) is 1.55. The van der Waals surface area contributed by atoms with Crippen molar-refractivity contribution < 1.29 is 14.3 Å². The van der Waals surface area contributed by atoms with Crippen molar-refractivity contribution in [3.63, 3.8) is 0 Å². The van der Waals surface area contributed by atoms with E-state index in [9.17, 15) is 4.79 Å². The number of nitrogen functional groups attached to an aromatic ring is 1. The molecule has 26 heavy (non-hydrogen) atoms. The largest absolute Gasteiger partial charge is 0.495 e. The van der Waals surface area contributed by atoms with Crippen molar-refractivity contribution >= 4 is 17.3 Å². The lowest BCUT2D eigenvalue weighted by Crippen LogP contribution is -2.32. The fraction of sp³-hybridized carbons (Fsp3) is 0.381. The van der Waals surface area contributed by atoms with Crippen LogP contribution >= 0.6 is 0 Å². The number of ether oxygens (including phenoxy) is 2. The lowest BCUT2D eigenvalue weighted by molar-refractivity contribution is -0.122. The predicted octanol–water partition coefficient (Wildman–Crippen LogP) is 4.59. The van der Waals surface area contributed by atoms with E-state index in [2.05, 4.69) is 25.2 Å². The highest BCUT2D eigenvalue weighted by molar-refractivity contribution is 5.96. The number of hydrogen-bond acceptors (Lipinski definition) is 4. The maximum Gasteiger partial charge on any atom is 0.265 e. The Morgan fingerprint density at radius 2 is 1.85 bits per heavy atom. The highest BCUT2D eigenvalue weighted by Gasteiger charge is 2.22. The van der Waals surface area contributed by atoms with Gasteiger partial charge in [-0.25, -0.2) is 0 Å². The minimum absolute atomic E-state index is 0.227. The van der Waals surface area contributed by atoms with E-state index >= 15 is 0 Å². The molecule has 0 saturated carbocycles. The Balaban J connectivity index is 2.19. The first-order valence-electron chi connectivity index (χ1n) is 9.00. The normalized spacial score (nSPS) is 12.9. The molecule has 3 N–H and O–H groups in total. The van der Waals surface area contributed by atoms with Gasteiger partial charge in [-0.1, -0.05) is 39.0 Å². The molecule has 0 fully saturated rings. The number of nitrogens with two attached hydrogens (primary N) is 1. The first kappa shape index (κ1) is 19.6. The third-order valence-corrected chi connectivity index (χ3v) is 4.48. The highest BCUT2D eigenvalue weighted by Crippen LogP contribution is 2.30. The molecular weight excluding hydrogens is 328 g/mol. The molecule has 140 valence electrons. The van der Waals surface area contributed by atoms with Gasteiger partial charge >= 0.3 is 0 Å². The first-order chi connectivity index (χ1) is 12.5. The van der Waals surface area contributed by atoms with Crippen molar-refractivity contribution in [2.24, 2.45) is 0 Å². The number of para-hydroxylation sites is 1. The van der Waals surface area contributed by atoms with Crippen molar-refractivity contribution in [3.8, 4) is 11.5 Å². The number of methoxy groups -OCH3 is 1. The van der Waals surface area contributed by atoms with Crippen molar-refractivity contribution in [2.45, 2.75) is 45.6 Å². The second-order valence-electron chi connectivity index (χ2n) is 6.31. The van der Waals surface area contributed by atoms with Gasteiger partial charge in [-0.3, -0.25) is 4.79 Å². The zero-order valence-corrected chi connectivity index (χ0v) is 15.9. The van der Waals surface area contributed by atoms with E-state index in [0.717, 1.165) is 17.7 Å². The summed E-state index contributed by atoms with van der Waals surface area (Å²) in [4.78, 5) is 12.7. The Kier molecular flexibility index (Phi) is 6.89. The average molecular weight is 356 g/mol. The van der Waals surface area contributed by atoms with E-state index in [1.807, 2.05) is 25.1 Å². The van der Waals surface area contributed by atoms with Gasteiger partial charge in [0.2, 0.25) is 0 Å². The van der Waals surface area contributed by atoms with Crippen LogP contribution < -0.4 is 20.5 Å². The van der Waals surface area contributed by atoms with Gasteiger partial charge < -0.3 is 20.5 Å². The van der Waals surface area contributed by atoms with E-state index in [1.54, 1.807) is 25.3 Å². The molecule has 0 saturated heterocycles. The van der Waals surface area contributed by atoms with Crippen LogP contribution in [-0.2, 0) is 4.79 Å². The van der Waals surface area contributed by atoms with Crippen molar-refractivity contribution in [1.29, 1.82) is 0 Å².